The predicted octanol–water partition coefficient (Wildman–Crippen LogP) is 4.97. The molecule has 1 unspecified atom stereocenters. The number of halogens is 2. The molecule has 2 aliphatic rings. The van der Waals surface area contributed by atoms with Gasteiger partial charge in [0.15, 0.2) is 0 Å². The molecule has 1 amide bonds. The normalized spacial score (nSPS) is 17.3. The Morgan fingerprint density at radius 1 is 1.28 bits per heavy atom. The number of hydrogen-bond acceptors (Lipinski definition) is 5. The molecule has 166 valence electrons. The molecule has 32 heavy (non-hydrogen) atoms. The Bertz CT molecular complexity index is 1160. The number of benzene rings is 1. The molecule has 3 aromatic rings. The van der Waals surface area contributed by atoms with E-state index in [1.807, 2.05) is 12.1 Å². The quantitative estimate of drug-likeness (QED) is 0.451. The maximum atomic E-state index is 12.8. The van der Waals surface area contributed by atoms with E-state index in [2.05, 4.69) is 20.6 Å². The smallest absolute Gasteiger partial charge is 0.255 e. The van der Waals surface area contributed by atoms with Crippen molar-refractivity contribution in [3.8, 4) is 17.0 Å². The third kappa shape index (κ3) is 4.03. The Labute approximate surface area is 195 Å². The Morgan fingerprint density at radius 3 is 2.97 bits per heavy atom. The van der Waals surface area contributed by atoms with E-state index in [9.17, 15) is 4.79 Å². The number of nitrogens with one attached hydrogen (secondary N) is 3. The molecule has 1 atom stereocenters. The second-order valence-electron chi connectivity index (χ2n) is 7.75. The number of aromatic amines is 1. The Hall–Kier alpha value is -2.74. The van der Waals surface area contributed by atoms with E-state index in [1.165, 1.54) is 0 Å². The lowest BCUT2D eigenvalue weighted by molar-refractivity contribution is -0.0596. The van der Waals surface area contributed by atoms with Crippen LogP contribution in [0, 0.1) is 0 Å². The molecule has 0 saturated carbocycles. The van der Waals surface area contributed by atoms with Gasteiger partial charge in [-0.1, -0.05) is 29.3 Å². The van der Waals surface area contributed by atoms with Crippen molar-refractivity contribution in [2.45, 2.75) is 25.4 Å². The minimum Gasteiger partial charge on any atom is -0.491 e. The first kappa shape index (κ1) is 21.1. The summed E-state index contributed by atoms with van der Waals surface area (Å²) < 4.78 is 11.5. The summed E-state index contributed by atoms with van der Waals surface area (Å²) in [6.45, 7) is 1.91. The number of fused-ring (bicyclic) bond motifs is 1. The fourth-order valence-electron chi connectivity index (χ4n) is 3.96. The van der Waals surface area contributed by atoms with Gasteiger partial charge < -0.3 is 25.1 Å². The maximum absolute atomic E-state index is 12.8. The number of aromatic nitrogens is 2. The fourth-order valence-corrected chi connectivity index (χ4v) is 4.30. The van der Waals surface area contributed by atoms with Gasteiger partial charge in [0.25, 0.3) is 5.91 Å². The standard InChI is InChI=1S/C23H22Cl2N4O3/c24-15-2-1-3-17(20(15)25)29-22-19-16(5-9-27-23(19)30)28-21(22)14-4-8-26-12-18(14)32-11-7-13-6-10-31-13/h1-4,8,12-13,28-29H,5-7,9-11H2,(H,27,30). The number of amides is 1. The van der Waals surface area contributed by atoms with Crippen LogP contribution in [0.3, 0.4) is 0 Å². The van der Waals surface area contributed by atoms with Crippen molar-refractivity contribution in [1.82, 2.24) is 15.3 Å². The minimum absolute atomic E-state index is 0.145. The van der Waals surface area contributed by atoms with Crippen LogP contribution in [0.1, 0.15) is 28.9 Å². The van der Waals surface area contributed by atoms with Gasteiger partial charge in [-0.2, -0.15) is 0 Å². The van der Waals surface area contributed by atoms with Crippen LogP contribution in [-0.2, 0) is 11.2 Å². The number of carbonyl (C=O) groups is 1. The number of carbonyl (C=O) groups excluding carboxylic acids is 1. The van der Waals surface area contributed by atoms with Crippen molar-refractivity contribution in [3.63, 3.8) is 0 Å². The summed E-state index contributed by atoms with van der Waals surface area (Å²) in [4.78, 5) is 20.4. The van der Waals surface area contributed by atoms with E-state index >= 15 is 0 Å². The van der Waals surface area contributed by atoms with Crippen LogP contribution in [0.25, 0.3) is 11.3 Å². The third-order valence-electron chi connectivity index (χ3n) is 5.72. The van der Waals surface area contributed by atoms with Crippen molar-refractivity contribution in [2.24, 2.45) is 0 Å². The van der Waals surface area contributed by atoms with E-state index in [-0.39, 0.29) is 12.0 Å². The molecule has 2 aromatic heterocycles. The third-order valence-corrected chi connectivity index (χ3v) is 6.54. The number of nitrogens with zero attached hydrogens (tertiary/aromatic N) is 1. The van der Waals surface area contributed by atoms with Crippen molar-refractivity contribution < 1.29 is 14.3 Å². The van der Waals surface area contributed by atoms with Gasteiger partial charge in [-0.15, -0.1) is 0 Å². The van der Waals surface area contributed by atoms with E-state index in [4.69, 9.17) is 32.7 Å². The van der Waals surface area contributed by atoms with Crippen molar-refractivity contribution in [3.05, 3.63) is 58.0 Å². The number of rotatable bonds is 7. The molecule has 0 radical (unpaired) electrons. The summed E-state index contributed by atoms with van der Waals surface area (Å²) in [5.74, 6) is 0.485. The van der Waals surface area contributed by atoms with E-state index in [0.717, 1.165) is 36.4 Å². The van der Waals surface area contributed by atoms with Gasteiger partial charge in [0.1, 0.15) is 5.75 Å². The number of ether oxygens (including phenoxy) is 2. The van der Waals surface area contributed by atoms with Gasteiger partial charge in [-0.25, -0.2) is 0 Å². The molecule has 1 fully saturated rings. The second kappa shape index (κ2) is 9.02. The summed E-state index contributed by atoms with van der Waals surface area (Å²) in [7, 11) is 0. The molecular weight excluding hydrogens is 451 g/mol. The first-order valence-corrected chi connectivity index (χ1v) is 11.3. The Kier molecular flexibility index (Phi) is 5.95. The van der Waals surface area contributed by atoms with Gasteiger partial charge in [-0.3, -0.25) is 9.78 Å². The lowest BCUT2D eigenvalue weighted by Gasteiger charge is -2.26. The van der Waals surface area contributed by atoms with Gasteiger partial charge in [0.05, 0.1) is 51.6 Å². The minimum atomic E-state index is -0.145. The zero-order valence-corrected chi connectivity index (χ0v) is 18.7. The van der Waals surface area contributed by atoms with E-state index < -0.39 is 0 Å². The molecule has 9 heteroatoms. The molecule has 5 rings (SSSR count). The number of H-pyrrole nitrogens is 1. The predicted molar refractivity (Wildman–Crippen MR) is 124 cm³/mol. The average molecular weight is 473 g/mol. The molecule has 1 aromatic carbocycles. The highest BCUT2D eigenvalue weighted by Gasteiger charge is 2.28. The summed E-state index contributed by atoms with van der Waals surface area (Å²) >= 11 is 12.6. The molecule has 3 N–H and O–H groups in total. The van der Waals surface area contributed by atoms with Gasteiger partial charge in [0, 0.05) is 43.4 Å². The van der Waals surface area contributed by atoms with Crippen molar-refractivity contribution >= 4 is 40.5 Å². The van der Waals surface area contributed by atoms with Crippen LogP contribution >= 0.6 is 23.2 Å². The number of anilines is 2. The van der Waals surface area contributed by atoms with Crippen LogP contribution in [0.4, 0.5) is 11.4 Å². The number of pyridine rings is 1. The monoisotopic (exact) mass is 472 g/mol. The lowest BCUT2D eigenvalue weighted by Crippen LogP contribution is -2.31. The van der Waals surface area contributed by atoms with E-state index in [1.54, 1.807) is 24.5 Å². The average Bonchev–Trinajstić information content (AvgIpc) is 3.13. The number of hydrogen-bond donors (Lipinski definition) is 3. The highest BCUT2D eigenvalue weighted by Crippen LogP contribution is 2.42. The molecule has 0 aliphatic carbocycles. The zero-order chi connectivity index (χ0) is 22.1. The van der Waals surface area contributed by atoms with E-state index in [0.29, 0.717) is 52.3 Å². The van der Waals surface area contributed by atoms with Crippen LogP contribution in [0.2, 0.25) is 10.0 Å². The molecule has 1 saturated heterocycles. The van der Waals surface area contributed by atoms with Crippen LogP contribution in [-0.4, -0.2) is 41.7 Å². The fraction of sp³-hybridized carbons (Fsp3) is 0.304. The molecule has 2 aliphatic heterocycles. The van der Waals surface area contributed by atoms with Crippen molar-refractivity contribution in [1.29, 1.82) is 0 Å². The van der Waals surface area contributed by atoms with Crippen LogP contribution < -0.4 is 15.4 Å². The van der Waals surface area contributed by atoms with Crippen LogP contribution in [0.15, 0.2) is 36.7 Å². The highest BCUT2D eigenvalue weighted by atomic mass is 35.5. The largest absolute Gasteiger partial charge is 0.491 e. The Morgan fingerprint density at radius 2 is 2.16 bits per heavy atom. The summed E-state index contributed by atoms with van der Waals surface area (Å²) in [6, 6.07) is 7.21. The molecule has 4 heterocycles. The summed E-state index contributed by atoms with van der Waals surface area (Å²) in [5.41, 5.74) is 4.19. The van der Waals surface area contributed by atoms with Crippen LogP contribution in [0.5, 0.6) is 5.75 Å². The first-order valence-electron chi connectivity index (χ1n) is 10.5. The first-order chi connectivity index (χ1) is 15.6. The Balaban J connectivity index is 1.54. The SMILES string of the molecule is O=C1NCCc2[nH]c(-c3ccncc3OCCC3CCO3)c(Nc3cccc(Cl)c3Cl)c21. The van der Waals surface area contributed by atoms with Gasteiger partial charge in [0.2, 0.25) is 0 Å². The molecule has 0 spiro atoms. The summed E-state index contributed by atoms with van der Waals surface area (Å²) in [6.07, 6.45) is 6.23. The van der Waals surface area contributed by atoms with Gasteiger partial charge >= 0.3 is 0 Å². The highest BCUT2D eigenvalue weighted by molar-refractivity contribution is 6.43. The molecular formula is C23H22Cl2N4O3. The second-order valence-corrected chi connectivity index (χ2v) is 8.54. The lowest BCUT2D eigenvalue weighted by atomic mass is 10.0. The molecule has 7 nitrogen and oxygen atoms in total. The van der Waals surface area contributed by atoms with Crippen molar-refractivity contribution in [2.75, 3.05) is 25.1 Å². The zero-order valence-electron chi connectivity index (χ0n) is 17.2. The molecule has 0 bridgehead atoms. The maximum Gasteiger partial charge on any atom is 0.255 e. The summed E-state index contributed by atoms with van der Waals surface area (Å²) in [5, 5.41) is 7.06. The van der Waals surface area contributed by atoms with Gasteiger partial charge in [-0.05, 0) is 24.6 Å². The topological polar surface area (TPSA) is 88.3 Å².